The minimum absolute atomic E-state index is 0.0556. The van der Waals surface area contributed by atoms with Crippen LogP contribution in [-0.4, -0.2) is 34.8 Å². The summed E-state index contributed by atoms with van der Waals surface area (Å²) < 4.78 is 0.639. The maximum atomic E-state index is 12.7. The fourth-order valence-corrected chi connectivity index (χ4v) is 5.17. The Morgan fingerprint density at radius 1 is 1.31 bits per heavy atom. The van der Waals surface area contributed by atoms with Crippen LogP contribution in [0.3, 0.4) is 0 Å². The van der Waals surface area contributed by atoms with E-state index in [4.69, 9.17) is 16.6 Å². The van der Waals surface area contributed by atoms with Crippen LogP contribution in [0, 0.1) is 5.92 Å². The van der Waals surface area contributed by atoms with Gasteiger partial charge < -0.3 is 10.2 Å². The van der Waals surface area contributed by atoms with Crippen molar-refractivity contribution in [2.75, 3.05) is 13.1 Å². The first-order chi connectivity index (χ1) is 12.6. The molecule has 2 amide bonds. The predicted molar refractivity (Wildman–Crippen MR) is 104 cm³/mol. The quantitative estimate of drug-likeness (QED) is 0.814. The lowest BCUT2D eigenvalue weighted by Crippen LogP contribution is -2.38. The normalized spacial score (nSPS) is 20.2. The van der Waals surface area contributed by atoms with E-state index >= 15 is 0 Å². The topological polar surface area (TPSA) is 62.3 Å². The monoisotopic (exact) mass is 409 g/mol. The molecule has 1 saturated carbocycles. The Balaban J connectivity index is 1.36. The predicted octanol–water partition coefficient (Wildman–Crippen LogP) is 3.90. The number of likely N-dealkylation sites (tertiary alicyclic amines) is 1. The molecule has 4 rings (SSSR count). The molecule has 1 unspecified atom stereocenters. The van der Waals surface area contributed by atoms with Gasteiger partial charge in [-0.3, -0.25) is 9.59 Å². The van der Waals surface area contributed by atoms with Crippen molar-refractivity contribution >= 4 is 46.1 Å². The van der Waals surface area contributed by atoms with Crippen molar-refractivity contribution in [2.24, 2.45) is 5.92 Å². The first kappa shape index (κ1) is 17.9. The highest BCUT2D eigenvalue weighted by Gasteiger charge is 2.30. The number of nitrogens with one attached hydrogen (secondary N) is 1. The van der Waals surface area contributed by atoms with Gasteiger partial charge in [-0.05, 0) is 37.8 Å². The first-order valence-electron chi connectivity index (χ1n) is 8.87. The molecule has 26 heavy (non-hydrogen) atoms. The molecule has 8 heteroatoms. The van der Waals surface area contributed by atoms with E-state index in [0.717, 1.165) is 42.9 Å². The molecule has 0 bridgehead atoms. The molecule has 0 spiro atoms. The molecule has 1 aliphatic heterocycles. The zero-order valence-corrected chi connectivity index (χ0v) is 16.6. The van der Waals surface area contributed by atoms with Crippen molar-refractivity contribution in [2.45, 2.75) is 38.1 Å². The fraction of sp³-hybridized carbons (Fsp3) is 0.500. The van der Waals surface area contributed by atoms with Gasteiger partial charge in [0.05, 0.1) is 26.5 Å². The van der Waals surface area contributed by atoms with Crippen molar-refractivity contribution in [1.82, 2.24) is 15.2 Å². The second kappa shape index (κ2) is 7.66. The smallest absolute Gasteiger partial charge is 0.263 e. The molecule has 2 aliphatic rings. The number of aromatic nitrogens is 1. The largest absolute Gasteiger partial charge is 0.350 e. The van der Waals surface area contributed by atoms with Crippen molar-refractivity contribution in [3.8, 4) is 0 Å². The van der Waals surface area contributed by atoms with Crippen molar-refractivity contribution < 1.29 is 9.59 Å². The van der Waals surface area contributed by atoms with E-state index in [2.05, 4.69) is 5.32 Å². The van der Waals surface area contributed by atoms with Crippen LogP contribution in [0.4, 0.5) is 0 Å². The van der Waals surface area contributed by atoms with Gasteiger partial charge in [-0.1, -0.05) is 11.6 Å². The van der Waals surface area contributed by atoms with Crippen LogP contribution < -0.4 is 5.32 Å². The van der Waals surface area contributed by atoms with Gasteiger partial charge in [0.15, 0.2) is 0 Å². The van der Waals surface area contributed by atoms with E-state index in [1.54, 1.807) is 23.5 Å². The number of hydrogen-bond donors (Lipinski definition) is 1. The molecule has 2 aromatic heterocycles. The van der Waals surface area contributed by atoms with Crippen LogP contribution >= 0.6 is 34.3 Å². The van der Waals surface area contributed by atoms with Crippen LogP contribution in [0.15, 0.2) is 17.5 Å². The summed E-state index contributed by atoms with van der Waals surface area (Å²) in [6.45, 7) is 1.96. The molecule has 1 aliphatic carbocycles. The fourth-order valence-electron chi connectivity index (χ4n) is 3.21. The zero-order chi connectivity index (χ0) is 18.1. The standard InChI is InChI=1S/C18H20ClN3O2S2/c19-15-6-5-14(26-15)18(24)22-7-1-2-12(9-22)17-21-13(10-25-17)8-20-16(23)11-3-4-11/h5-6,10-12H,1-4,7-9H2,(H,20,23). The third-order valence-electron chi connectivity index (χ3n) is 4.80. The Labute approximate surface area is 165 Å². The Kier molecular flexibility index (Phi) is 5.29. The molecule has 2 aromatic rings. The minimum Gasteiger partial charge on any atom is -0.350 e. The second-order valence-corrected chi connectivity index (χ2v) is 9.47. The van der Waals surface area contributed by atoms with Gasteiger partial charge >= 0.3 is 0 Å². The maximum Gasteiger partial charge on any atom is 0.263 e. The summed E-state index contributed by atoms with van der Waals surface area (Å²) in [6.07, 6.45) is 4.03. The van der Waals surface area contributed by atoms with Crippen molar-refractivity contribution in [3.63, 3.8) is 0 Å². The van der Waals surface area contributed by atoms with Crippen molar-refractivity contribution in [1.29, 1.82) is 0 Å². The van der Waals surface area contributed by atoms with Crippen LogP contribution in [0.25, 0.3) is 0 Å². The number of halogens is 1. The average molecular weight is 410 g/mol. The Morgan fingerprint density at radius 2 is 2.15 bits per heavy atom. The molecule has 0 radical (unpaired) electrons. The Bertz CT molecular complexity index is 815. The number of thiophene rings is 1. The maximum absolute atomic E-state index is 12.7. The molecule has 1 saturated heterocycles. The van der Waals surface area contributed by atoms with E-state index in [-0.39, 0.29) is 23.7 Å². The summed E-state index contributed by atoms with van der Waals surface area (Å²) in [5, 5.41) is 6.03. The van der Waals surface area contributed by atoms with Gasteiger partial charge in [0.25, 0.3) is 5.91 Å². The van der Waals surface area contributed by atoms with Crippen molar-refractivity contribution in [3.05, 3.63) is 37.4 Å². The number of rotatable bonds is 5. The summed E-state index contributed by atoms with van der Waals surface area (Å²) in [5.74, 6) is 0.682. The summed E-state index contributed by atoms with van der Waals surface area (Å²) >= 11 is 8.91. The number of amides is 2. The third-order valence-corrected chi connectivity index (χ3v) is 7.08. The lowest BCUT2D eigenvalue weighted by molar-refractivity contribution is -0.122. The van der Waals surface area contributed by atoms with Crippen LogP contribution in [0.1, 0.15) is 52.0 Å². The molecule has 2 fully saturated rings. The number of carbonyl (C=O) groups is 2. The highest BCUT2D eigenvalue weighted by atomic mass is 35.5. The number of thiazole rings is 1. The van der Waals surface area contributed by atoms with Crippen LogP contribution in [0.2, 0.25) is 4.34 Å². The van der Waals surface area contributed by atoms with E-state index in [9.17, 15) is 9.59 Å². The third kappa shape index (κ3) is 4.10. The summed E-state index contributed by atoms with van der Waals surface area (Å²) in [7, 11) is 0. The molecular weight excluding hydrogens is 390 g/mol. The number of carbonyl (C=O) groups excluding carboxylic acids is 2. The highest BCUT2D eigenvalue weighted by molar-refractivity contribution is 7.18. The number of nitrogens with zero attached hydrogens (tertiary/aromatic N) is 2. The van der Waals surface area contributed by atoms with E-state index < -0.39 is 0 Å². The molecule has 1 atom stereocenters. The Hall–Kier alpha value is -1.44. The van der Waals surface area contributed by atoms with Gasteiger partial charge in [0.2, 0.25) is 5.91 Å². The number of hydrogen-bond acceptors (Lipinski definition) is 5. The van der Waals surface area contributed by atoms with Crippen LogP contribution in [0.5, 0.6) is 0 Å². The van der Waals surface area contributed by atoms with Gasteiger partial charge in [0, 0.05) is 30.3 Å². The molecule has 5 nitrogen and oxygen atoms in total. The van der Waals surface area contributed by atoms with E-state index in [1.165, 1.54) is 11.3 Å². The second-order valence-electron chi connectivity index (χ2n) is 6.86. The first-order valence-corrected chi connectivity index (χ1v) is 10.9. The summed E-state index contributed by atoms with van der Waals surface area (Å²) in [4.78, 5) is 31.7. The molecule has 3 heterocycles. The SMILES string of the molecule is O=C(NCc1csc(C2CCCN(C(=O)c3ccc(Cl)s3)C2)n1)C1CC1. The molecule has 1 N–H and O–H groups in total. The molecule has 0 aromatic carbocycles. The lowest BCUT2D eigenvalue weighted by atomic mass is 9.98. The van der Waals surface area contributed by atoms with Gasteiger partial charge in [-0.25, -0.2) is 4.98 Å². The molecular formula is C18H20ClN3O2S2. The average Bonchev–Trinajstić information content (AvgIpc) is 3.25. The highest BCUT2D eigenvalue weighted by Crippen LogP contribution is 2.32. The minimum atomic E-state index is 0.0556. The van der Waals surface area contributed by atoms with Gasteiger partial charge in [-0.15, -0.1) is 22.7 Å². The van der Waals surface area contributed by atoms with E-state index in [1.807, 2.05) is 10.3 Å². The zero-order valence-electron chi connectivity index (χ0n) is 14.2. The Morgan fingerprint density at radius 3 is 2.88 bits per heavy atom. The number of piperidine rings is 1. The van der Waals surface area contributed by atoms with Gasteiger partial charge in [-0.2, -0.15) is 0 Å². The van der Waals surface area contributed by atoms with E-state index in [0.29, 0.717) is 22.3 Å². The lowest BCUT2D eigenvalue weighted by Gasteiger charge is -2.31. The summed E-state index contributed by atoms with van der Waals surface area (Å²) in [6, 6.07) is 3.56. The summed E-state index contributed by atoms with van der Waals surface area (Å²) in [5.41, 5.74) is 0.910. The van der Waals surface area contributed by atoms with Gasteiger partial charge in [0.1, 0.15) is 0 Å². The van der Waals surface area contributed by atoms with Crippen LogP contribution in [-0.2, 0) is 11.3 Å². The molecule has 138 valence electrons.